The third-order valence-corrected chi connectivity index (χ3v) is 3.81. The number of halogens is 2. The number of hydrogen-bond donors (Lipinski definition) is 2. The van der Waals surface area contributed by atoms with Crippen LogP contribution in [0.4, 0.5) is 0 Å². The number of carbonyl (C=O) groups is 1. The number of amides is 1. The summed E-state index contributed by atoms with van der Waals surface area (Å²) < 4.78 is 0. The van der Waals surface area contributed by atoms with E-state index in [0.717, 1.165) is 45.3 Å². The minimum absolute atomic E-state index is 0. The minimum Gasteiger partial charge on any atom is -0.353 e. The average molecular weight is 314 g/mol. The molecule has 0 heterocycles. The number of hydrogen-bond acceptors (Lipinski definition) is 3. The van der Waals surface area contributed by atoms with Crippen molar-refractivity contribution in [3.8, 4) is 0 Å². The second kappa shape index (κ2) is 10.7. The summed E-state index contributed by atoms with van der Waals surface area (Å²) in [5.41, 5.74) is 5.56. The normalized spacial score (nSPS) is 17.3. The highest BCUT2D eigenvalue weighted by Gasteiger charge is 2.34. The third-order valence-electron chi connectivity index (χ3n) is 3.81. The van der Waals surface area contributed by atoms with Gasteiger partial charge in [0.1, 0.15) is 0 Å². The lowest BCUT2D eigenvalue weighted by Gasteiger charge is -2.32. The van der Waals surface area contributed by atoms with Gasteiger partial charge >= 0.3 is 0 Å². The summed E-state index contributed by atoms with van der Waals surface area (Å²) in [4.78, 5) is 14.3. The number of rotatable bonds is 6. The van der Waals surface area contributed by atoms with Gasteiger partial charge in [-0.15, -0.1) is 24.8 Å². The van der Waals surface area contributed by atoms with Gasteiger partial charge in [0.15, 0.2) is 0 Å². The highest BCUT2D eigenvalue weighted by atomic mass is 35.5. The Morgan fingerprint density at radius 3 is 2.16 bits per heavy atom. The smallest absolute Gasteiger partial charge is 0.240 e. The summed E-state index contributed by atoms with van der Waals surface area (Å²) in [6, 6.07) is 0. The SMILES string of the molecule is CCN(CC)CCNC(=O)C1(N)CCCCC1.Cl.Cl. The van der Waals surface area contributed by atoms with Gasteiger partial charge < -0.3 is 16.0 Å². The first-order valence-corrected chi connectivity index (χ1v) is 6.92. The molecule has 1 fully saturated rings. The van der Waals surface area contributed by atoms with Crippen LogP contribution in [0.3, 0.4) is 0 Å². The molecule has 0 saturated heterocycles. The molecule has 6 heteroatoms. The van der Waals surface area contributed by atoms with E-state index in [1.54, 1.807) is 0 Å². The fraction of sp³-hybridized carbons (Fsp3) is 0.923. The van der Waals surface area contributed by atoms with E-state index in [4.69, 9.17) is 5.73 Å². The zero-order chi connectivity index (χ0) is 12.7. The van der Waals surface area contributed by atoms with Crippen LogP contribution in [-0.4, -0.2) is 42.5 Å². The Labute approximate surface area is 129 Å². The van der Waals surface area contributed by atoms with Crippen LogP contribution in [0.2, 0.25) is 0 Å². The molecule has 0 spiro atoms. The van der Waals surface area contributed by atoms with Gasteiger partial charge in [0, 0.05) is 13.1 Å². The number of nitrogens with one attached hydrogen (secondary N) is 1. The minimum atomic E-state index is -0.596. The summed E-state index contributed by atoms with van der Waals surface area (Å²) in [7, 11) is 0. The molecule has 0 aromatic carbocycles. The van der Waals surface area contributed by atoms with E-state index >= 15 is 0 Å². The maximum atomic E-state index is 12.0. The summed E-state index contributed by atoms with van der Waals surface area (Å²) >= 11 is 0. The van der Waals surface area contributed by atoms with Crippen molar-refractivity contribution in [2.45, 2.75) is 51.5 Å². The fourth-order valence-electron chi connectivity index (χ4n) is 2.45. The highest BCUT2D eigenvalue weighted by Crippen LogP contribution is 2.25. The Balaban J connectivity index is 0. The van der Waals surface area contributed by atoms with Crippen molar-refractivity contribution in [2.75, 3.05) is 26.2 Å². The zero-order valence-corrected chi connectivity index (χ0v) is 13.7. The largest absolute Gasteiger partial charge is 0.353 e. The maximum Gasteiger partial charge on any atom is 0.240 e. The van der Waals surface area contributed by atoms with E-state index in [1.807, 2.05) is 0 Å². The van der Waals surface area contributed by atoms with Crippen molar-refractivity contribution in [3.05, 3.63) is 0 Å². The van der Waals surface area contributed by atoms with Gasteiger partial charge in [0.25, 0.3) is 0 Å². The standard InChI is InChI=1S/C13H27N3O.2ClH/c1-3-16(4-2)11-10-15-12(17)13(14)8-6-5-7-9-13;;/h3-11,14H2,1-2H3,(H,15,17);2*1H. The Morgan fingerprint density at radius 2 is 1.68 bits per heavy atom. The third kappa shape index (κ3) is 6.80. The second-order valence-corrected chi connectivity index (χ2v) is 5.00. The zero-order valence-electron chi connectivity index (χ0n) is 12.1. The quantitative estimate of drug-likeness (QED) is 0.788. The van der Waals surface area contributed by atoms with Gasteiger partial charge in [-0.2, -0.15) is 0 Å². The topological polar surface area (TPSA) is 58.4 Å². The van der Waals surface area contributed by atoms with Gasteiger partial charge in [-0.05, 0) is 25.9 Å². The van der Waals surface area contributed by atoms with E-state index in [1.165, 1.54) is 6.42 Å². The predicted molar refractivity (Wildman–Crippen MR) is 85.3 cm³/mol. The number of nitrogens with zero attached hydrogens (tertiary/aromatic N) is 1. The van der Waals surface area contributed by atoms with Gasteiger partial charge in [-0.1, -0.05) is 33.1 Å². The Hall–Kier alpha value is -0.0300. The Bertz CT molecular complexity index is 242. The Morgan fingerprint density at radius 1 is 1.16 bits per heavy atom. The molecule has 0 aromatic heterocycles. The highest BCUT2D eigenvalue weighted by molar-refractivity contribution is 5.86. The summed E-state index contributed by atoms with van der Waals surface area (Å²) in [5, 5.41) is 2.99. The first-order chi connectivity index (χ1) is 8.12. The number of nitrogens with two attached hydrogens (primary N) is 1. The molecule has 0 radical (unpaired) electrons. The maximum absolute atomic E-state index is 12.0. The van der Waals surface area contributed by atoms with Crippen molar-refractivity contribution in [2.24, 2.45) is 5.73 Å². The molecule has 0 aromatic rings. The van der Waals surface area contributed by atoms with Gasteiger partial charge in [-0.25, -0.2) is 0 Å². The fourth-order valence-corrected chi connectivity index (χ4v) is 2.45. The molecule has 1 aliphatic rings. The van der Waals surface area contributed by atoms with Crippen LogP contribution < -0.4 is 11.1 Å². The van der Waals surface area contributed by atoms with E-state index in [9.17, 15) is 4.79 Å². The molecule has 0 bridgehead atoms. The lowest BCUT2D eigenvalue weighted by Crippen LogP contribution is -2.55. The van der Waals surface area contributed by atoms with Crippen LogP contribution in [0.1, 0.15) is 46.0 Å². The summed E-state index contributed by atoms with van der Waals surface area (Å²) in [5.74, 6) is 0.0457. The van der Waals surface area contributed by atoms with Crippen molar-refractivity contribution >= 4 is 30.7 Å². The molecule has 3 N–H and O–H groups in total. The van der Waals surface area contributed by atoms with Crippen molar-refractivity contribution < 1.29 is 4.79 Å². The molecule has 1 saturated carbocycles. The molecular formula is C13H29Cl2N3O. The van der Waals surface area contributed by atoms with E-state index in [2.05, 4.69) is 24.1 Å². The van der Waals surface area contributed by atoms with Gasteiger partial charge in [0.05, 0.1) is 5.54 Å². The van der Waals surface area contributed by atoms with Crippen LogP contribution in [0.5, 0.6) is 0 Å². The molecule has 19 heavy (non-hydrogen) atoms. The molecule has 116 valence electrons. The molecule has 0 unspecified atom stereocenters. The van der Waals surface area contributed by atoms with Crippen LogP contribution in [0.25, 0.3) is 0 Å². The summed E-state index contributed by atoms with van der Waals surface area (Å²) in [6.45, 7) is 7.95. The molecule has 0 aliphatic heterocycles. The van der Waals surface area contributed by atoms with Crippen LogP contribution in [-0.2, 0) is 4.79 Å². The lowest BCUT2D eigenvalue weighted by molar-refractivity contribution is -0.127. The number of likely N-dealkylation sites (N-methyl/N-ethyl adjacent to an activating group) is 1. The van der Waals surface area contributed by atoms with Crippen LogP contribution in [0.15, 0.2) is 0 Å². The van der Waals surface area contributed by atoms with Crippen molar-refractivity contribution in [1.82, 2.24) is 10.2 Å². The molecule has 0 atom stereocenters. The van der Waals surface area contributed by atoms with Crippen molar-refractivity contribution in [1.29, 1.82) is 0 Å². The van der Waals surface area contributed by atoms with E-state index in [0.29, 0.717) is 6.54 Å². The van der Waals surface area contributed by atoms with Crippen molar-refractivity contribution in [3.63, 3.8) is 0 Å². The van der Waals surface area contributed by atoms with E-state index < -0.39 is 5.54 Å². The Kier molecular flexibility index (Phi) is 12.0. The summed E-state index contributed by atoms with van der Waals surface area (Å²) in [6.07, 6.45) is 5.06. The molecular weight excluding hydrogens is 285 g/mol. The van der Waals surface area contributed by atoms with Gasteiger partial charge in [0.2, 0.25) is 5.91 Å². The lowest BCUT2D eigenvalue weighted by atomic mass is 9.82. The molecule has 4 nitrogen and oxygen atoms in total. The van der Waals surface area contributed by atoms with Crippen LogP contribution in [0, 0.1) is 0 Å². The molecule has 1 aliphatic carbocycles. The molecule has 1 amide bonds. The monoisotopic (exact) mass is 313 g/mol. The molecule has 1 rings (SSSR count). The predicted octanol–water partition coefficient (Wildman–Crippen LogP) is 1.95. The first-order valence-electron chi connectivity index (χ1n) is 6.92. The number of carbonyl (C=O) groups excluding carboxylic acids is 1. The average Bonchev–Trinajstić information content (AvgIpc) is 2.35. The van der Waals surface area contributed by atoms with E-state index in [-0.39, 0.29) is 30.7 Å². The first kappa shape index (κ1) is 21.3. The second-order valence-electron chi connectivity index (χ2n) is 5.00. The van der Waals surface area contributed by atoms with Crippen LogP contribution >= 0.6 is 24.8 Å². The van der Waals surface area contributed by atoms with Gasteiger partial charge in [-0.3, -0.25) is 4.79 Å².